The van der Waals surface area contributed by atoms with Gasteiger partial charge in [0, 0.05) is 30.8 Å². The molecule has 1 aliphatic carbocycles. The van der Waals surface area contributed by atoms with Crippen LogP contribution in [0.25, 0.3) is 6.08 Å². The fraction of sp³-hybridized carbons (Fsp3) is 0.333. The van der Waals surface area contributed by atoms with E-state index in [1.807, 2.05) is 0 Å². The highest BCUT2D eigenvalue weighted by Gasteiger charge is 2.30. The molecule has 33 heavy (non-hydrogen) atoms. The number of nitrogens with zero attached hydrogens (tertiary/aromatic N) is 1. The number of amides is 1. The minimum Gasteiger partial charge on any atom is -0.444 e. The molecule has 0 heterocycles. The van der Waals surface area contributed by atoms with Gasteiger partial charge in [-0.3, -0.25) is 4.79 Å². The number of hydrogen-bond donors (Lipinski definition) is 1. The lowest BCUT2D eigenvalue weighted by Crippen LogP contribution is -2.33. The maximum atomic E-state index is 13.3. The molecule has 0 aliphatic heterocycles. The van der Waals surface area contributed by atoms with Crippen molar-refractivity contribution in [3.8, 4) is 0 Å². The zero-order valence-electron chi connectivity index (χ0n) is 18.5. The van der Waals surface area contributed by atoms with Crippen molar-refractivity contribution in [2.24, 2.45) is 0 Å². The highest BCUT2D eigenvalue weighted by molar-refractivity contribution is 7.89. The van der Waals surface area contributed by atoms with Gasteiger partial charge in [-0.25, -0.2) is 17.6 Å². The lowest BCUT2D eigenvalue weighted by Gasteiger charge is -2.18. The summed E-state index contributed by atoms with van der Waals surface area (Å²) in [6, 6.07) is 11.4. The van der Waals surface area contributed by atoms with Crippen LogP contribution in [0.2, 0.25) is 0 Å². The summed E-state index contributed by atoms with van der Waals surface area (Å²) in [6.45, 7) is 4.29. The molecule has 1 atom stereocenters. The van der Waals surface area contributed by atoms with Gasteiger partial charge in [-0.1, -0.05) is 38.1 Å². The number of halogens is 1. The molecule has 7 nitrogen and oxygen atoms in total. The number of hydrogen-bond acceptors (Lipinski definition) is 5. The van der Waals surface area contributed by atoms with Crippen LogP contribution in [-0.2, 0) is 24.3 Å². The Balaban J connectivity index is 1.70. The molecule has 1 fully saturated rings. The molecule has 0 saturated heterocycles. The van der Waals surface area contributed by atoms with E-state index in [1.165, 1.54) is 46.8 Å². The minimum atomic E-state index is -3.57. The molecule has 2 aromatic rings. The fourth-order valence-corrected chi connectivity index (χ4v) is 4.66. The molecule has 1 aliphatic rings. The maximum Gasteiger partial charge on any atom is 0.331 e. The number of carbonyl (C=O) groups excluding carboxylic acids is 2. The largest absolute Gasteiger partial charge is 0.444 e. The van der Waals surface area contributed by atoms with Crippen LogP contribution >= 0.6 is 0 Å². The number of sulfonamides is 1. The van der Waals surface area contributed by atoms with Crippen molar-refractivity contribution in [2.45, 2.75) is 43.7 Å². The van der Waals surface area contributed by atoms with E-state index in [-0.39, 0.29) is 10.9 Å². The van der Waals surface area contributed by atoms with Crippen molar-refractivity contribution in [3.05, 3.63) is 71.6 Å². The third-order valence-electron chi connectivity index (χ3n) is 5.20. The van der Waals surface area contributed by atoms with E-state index >= 15 is 0 Å². The lowest BCUT2D eigenvalue weighted by atomic mass is 10.1. The standard InChI is InChI=1S/C24H27FN2O5S/c1-3-27(4-2)33(30,31)21-14-5-17(6-15-21)7-16-22(28)32-23(24(29)26-20-12-13-20)18-8-10-19(25)11-9-18/h5-11,14-16,20,23H,3-4,12-13H2,1-2H3,(H,26,29)/b16-7+. The molecule has 176 valence electrons. The van der Waals surface area contributed by atoms with Crippen molar-refractivity contribution in [2.75, 3.05) is 13.1 Å². The summed E-state index contributed by atoms with van der Waals surface area (Å²) in [5, 5.41) is 2.79. The van der Waals surface area contributed by atoms with Crippen molar-refractivity contribution in [3.63, 3.8) is 0 Å². The van der Waals surface area contributed by atoms with E-state index in [0.717, 1.165) is 18.9 Å². The average Bonchev–Trinajstić information content (AvgIpc) is 3.61. The molecule has 0 bridgehead atoms. The van der Waals surface area contributed by atoms with E-state index in [4.69, 9.17) is 4.74 Å². The summed E-state index contributed by atoms with van der Waals surface area (Å²) in [4.78, 5) is 25.1. The second-order valence-electron chi connectivity index (χ2n) is 7.64. The Bertz CT molecular complexity index is 1110. The number of benzene rings is 2. The van der Waals surface area contributed by atoms with Gasteiger partial charge in [-0.2, -0.15) is 4.31 Å². The summed E-state index contributed by atoms with van der Waals surface area (Å²) in [5.74, 6) is -1.68. The first-order valence-corrected chi connectivity index (χ1v) is 12.2. The molecular formula is C24H27FN2O5S. The summed E-state index contributed by atoms with van der Waals surface area (Å²) >= 11 is 0. The summed E-state index contributed by atoms with van der Waals surface area (Å²) in [6.07, 6.45) is 3.17. The van der Waals surface area contributed by atoms with Crippen LogP contribution < -0.4 is 5.32 Å². The van der Waals surface area contributed by atoms with Crippen LogP contribution in [0.15, 0.2) is 59.5 Å². The van der Waals surface area contributed by atoms with Crippen LogP contribution in [0, 0.1) is 5.82 Å². The van der Waals surface area contributed by atoms with Gasteiger partial charge in [0.25, 0.3) is 5.91 Å². The summed E-state index contributed by atoms with van der Waals surface area (Å²) in [5.41, 5.74) is 0.952. The zero-order chi connectivity index (χ0) is 24.0. The van der Waals surface area contributed by atoms with E-state index in [2.05, 4.69) is 5.32 Å². The zero-order valence-corrected chi connectivity index (χ0v) is 19.3. The average molecular weight is 475 g/mol. The molecule has 0 radical (unpaired) electrons. The number of carbonyl (C=O) groups is 2. The molecule has 1 unspecified atom stereocenters. The first-order valence-electron chi connectivity index (χ1n) is 10.8. The lowest BCUT2D eigenvalue weighted by molar-refractivity contribution is -0.151. The predicted octanol–water partition coefficient (Wildman–Crippen LogP) is 3.43. The van der Waals surface area contributed by atoms with Gasteiger partial charge < -0.3 is 10.1 Å². The molecule has 9 heteroatoms. The van der Waals surface area contributed by atoms with Crippen molar-refractivity contribution in [1.29, 1.82) is 0 Å². The molecule has 2 aromatic carbocycles. The Kier molecular flexibility index (Phi) is 7.99. The van der Waals surface area contributed by atoms with Crippen LogP contribution in [0.1, 0.15) is 43.9 Å². The Labute approximate surface area is 193 Å². The number of rotatable bonds is 10. The van der Waals surface area contributed by atoms with Crippen LogP contribution in [0.5, 0.6) is 0 Å². The molecule has 0 aromatic heterocycles. The van der Waals surface area contributed by atoms with Gasteiger partial charge in [0.05, 0.1) is 4.90 Å². The number of ether oxygens (including phenoxy) is 1. The third-order valence-corrected chi connectivity index (χ3v) is 7.27. The highest BCUT2D eigenvalue weighted by atomic mass is 32.2. The van der Waals surface area contributed by atoms with E-state index in [0.29, 0.717) is 24.2 Å². The molecule has 3 rings (SSSR count). The topological polar surface area (TPSA) is 92.8 Å². The van der Waals surface area contributed by atoms with Crippen molar-refractivity contribution < 1.29 is 27.1 Å². The number of esters is 1. The van der Waals surface area contributed by atoms with Gasteiger partial charge in [0.1, 0.15) is 5.82 Å². The fourth-order valence-electron chi connectivity index (χ4n) is 3.20. The van der Waals surface area contributed by atoms with E-state index in [1.54, 1.807) is 26.0 Å². The Morgan fingerprint density at radius 2 is 1.70 bits per heavy atom. The molecule has 0 spiro atoms. The van der Waals surface area contributed by atoms with Gasteiger partial charge in [0.15, 0.2) is 0 Å². The van der Waals surface area contributed by atoms with Crippen molar-refractivity contribution in [1.82, 2.24) is 9.62 Å². The third kappa shape index (κ3) is 6.49. The van der Waals surface area contributed by atoms with Gasteiger partial charge >= 0.3 is 5.97 Å². The van der Waals surface area contributed by atoms with Gasteiger partial charge in [0.2, 0.25) is 16.1 Å². The van der Waals surface area contributed by atoms with Crippen LogP contribution in [-0.4, -0.2) is 43.7 Å². The van der Waals surface area contributed by atoms with Crippen LogP contribution in [0.3, 0.4) is 0 Å². The minimum absolute atomic E-state index is 0.0702. The Morgan fingerprint density at radius 3 is 2.24 bits per heavy atom. The number of nitrogens with one attached hydrogen (secondary N) is 1. The predicted molar refractivity (Wildman–Crippen MR) is 122 cm³/mol. The molecule has 1 amide bonds. The quantitative estimate of drug-likeness (QED) is 0.421. The first-order chi connectivity index (χ1) is 15.7. The summed E-state index contributed by atoms with van der Waals surface area (Å²) < 4.78 is 45.1. The second-order valence-corrected chi connectivity index (χ2v) is 9.58. The first kappa shape index (κ1) is 24.6. The Hall–Kier alpha value is -3.04. The van der Waals surface area contributed by atoms with Gasteiger partial charge in [-0.15, -0.1) is 0 Å². The SMILES string of the molecule is CCN(CC)S(=O)(=O)c1ccc(/C=C/C(=O)OC(C(=O)NC2CC2)c2ccc(F)cc2)cc1. The second kappa shape index (κ2) is 10.7. The smallest absolute Gasteiger partial charge is 0.331 e. The van der Waals surface area contributed by atoms with Crippen molar-refractivity contribution >= 4 is 28.0 Å². The van der Waals surface area contributed by atoms with Gasteiger partial charge in [-0.05, 0) is 48.7 Å². The van der Waals surface area contributed by atoms with E-state index in [9.17, 15) is 22.4 Å². The van der Waals surface area contributed by atoms with Crippen LogP contribution in [0.4, 0.5) is 4.39 Å². The monoisotopic (exact) mass is 474 g/mol. The summed E-state index contributed by atoms with van der Waals surface area (Å²) in [7, 11) is -3.57. The molecular weight excluding hydrogens is 447 g/mol. The molecule has 1 N–H and O–H groups in total. The highest BCUT2D eigenvalue weighted by Crippen LogP contribution is 2.24. The maximum absolute atomic E-state index is 13.3. The molecule has 1 saturated carbocycles. The normalized spacial score (nSPS) is 14.9. The van der Waals surface area contributed by atoms with E-state index < -0.39 is 33.8 Å². The Morgan fingerprint density at radius 1 is 1.09 bits per heavy atom.